The van der Waals surface area contributed by atoms with E-state index in [-0.39, 0.29) is 5.12 Å². The van der Waals surface area contributed by atoms with E-state index in [1.165, 1.54) is 6.92 Å². The first-order valence-corrected chi connectivity index (χ1v) is 11.3. The van der Waals surface area contributed by atoms with Crippen LogP contribution in [0, 0.1) is 0 Å². The lowest BCUT2D eigenvalue weighted by Gasteiger charge is -2.39. The molecule has 15 nitrogen and oxygen atoms in total. The van der Waals surface area contributed by atoms with Crippen molar-refractivity contribution in [3.8, 4) is 0 Å². The van der Waals surface area contributed by atoms with Crippen LogP contribution in [-0.2, 0) is 30.3 Å². The predicted molar refractivity (Wildman–Crippen MR) is 87.8 cm³/mol. The van der Waals surface area contributed by atoms with E-state index in [0.717, 1.165) is 14.1 Å². The lowest BCUT2D eigenvalue weighted by molar-refractivity contribution is 0.0138. The topological polar surface area (TPSA) is 226 Å². The molecule has 0 saturated carbocycles. The normalized spacial score (nSPS) is 16.0. The average Bonchev–Trinajstić information content (AvgIpc) is 2.33. The molecule has 0 saturated heterocycles. The van der Waals surface area contributed by atoms with Gasteiger partial charge in [-0.2, -0.15) is 17.4 Å². The van der Waals surface area contributed by atoms with Crippen LogP contribution in [-0.4, -0.2) is 72.7 Å². The van der Waals surface area contributed by atoms with Crippen molar-refractivity contribution in [2.75, 3.05) is 26.1 Å². The van der Waals surface area contributed by atoms with Gasteiger partial charge in [0.1, 0.15) is 0 Å². The molecule has 8 N–H and O–H groups in total. The quantitative estimate of drug-likeness (QED) is 0.145. The van der Waals surface area contributed by atoms with Gasteiger partial charge >= 0.3 is 6.03 Å². The molecule has 0 aliphatic rings. The molecule has 0 aromatic heterocycles. The molecule has 150 valence electrons. The molecular weight excluding hydrogens is 404 g/mol. The van der Waals surface area contributed by atoms with E-state index in [4.69, 9.17) is 11.5 Å². The Kier molecular flexibility index (Phi) is 7.69. The molecule has 18 heteroatoms. The van der Waals surface area contributed by atoms with Gasteiger partial charge in [-0.25, -0.2) is 21.6 Å². The van der Waals surface area contributed by atoms with Gasteiger partial charge in [0.15, 0.2) is 0 Å². The van der Waals surface area contributed by atoms with Gasteiger partial charge in [-0.15, -0.1) is 9.66 Å². The van der Waals surface area contributed by atoms with E-state index in [9.17, 15) is 30.0 Å². The summed E-state index contributed by atoms with van der Waals surface area (Å²) in [6.45, 7) is 1.21. The van der Waals surface area contributed by atoms with Crippen molar-refractivity contribution < 1.29 is 30.0 Å². The third-order valence-electron chi connectivity index (χ3n) is 2.31. The molecule has 0 aromatic carbocycles. The lowest BCUT2D eigenvalue weighted by atomic mass is 10.6. The number of urea groups is 1. The molecule has 0 bridgehead atoms. The Morgan fingerprint density at radius 2 is 1.56 bits per heavy atom. The number of primary amides is 1. The second kappa shape index (κ2) is 8.05. The summed E-state index contributed by atoms with van der Waals surface area (Å²) in [5.74, 6) is -3.34. The van der Waals surface area contributed by atoms with Crippen molar-refractivity contribution in [2.24, 2.45) is 11.5 Å². The number of nitrogens with one attached hydrogen (secondary N) is 4. The third-order valence-corrected chi connectivity index (χ3v) is 5.58. The summed E-state index contributed by atoms with van der Waals surface area (Å²) in [4.78, 5) is 14.5. The van der Waals surface area contributed by atoms with E-state index in [1.54, 1.807) is 19.7 Å². The maximum Gasteiger partial charge on any atom is 0.315 e. The second-order valence-electron chi connectivity index (χ2n) is 4.84. The Balaban J connectivity index is 6.20. The molecule has 0 fully saturated rings. The van der Waals surface area contributed by atoms with Crippen molar-refractivity contribution in [2.45, 2.75) is 12.8 Å². The van der Waals surface area contributed by atoms with Crippen molar-refractivity contribution >= 4 is 36.3 Å². The number of hydrogen-bond acceptors (Lipinski definition) is 9. The molecule has 0 radical (unpaired) electrons. The van der Waals surface area contributed by atoms with Crippen molar-refractivity contribution in [1.29, 1.82) is 0 Å². The first-order chi connectivity index (χ1) is 10.9. The first kappa shape index (κ1) is 23.9. The van der Waals surface area contributed by atoms with E-state index in [0.29, 0.717) is 10.6 Å². The van der Waals surface area contributed by atoms with Crippen molar-refractivity contribution in [1.82, 2.24) is 29.1 Å². The zero-order chi connectivity index (χ0) is 20.3. The van der Waals surface area contributed by atoms with Gasteiger partial charge < -0.3 is 5.73 Å². The summed E-state index contributed by atoms with van der Waals surface area (Å²) >= 11 is 0. The zero-order valence-corrected chi connectivity index (χ0v) is 16.3. The molecule has 2 amide bonds. The first-order valence-electron chi connectivity index (χ1n) is 6.30. The number of carbonyl (C=O) groups is 1. The molecule has 25 heavy (non-hydrogen) atoms. The van der Waals surface area contributed by atoms with Crippen molar-refractivity contribution in [3.05, 3.63) is 0 Å². The standard InChI is InChI=1S/C7H22N8O7S3/c1-5-24(19,20)12-15(13-25(21,22)14(2)3)7(9,10-6(8)16)11-23(4,17)18/h11-13H,5,9H2,1-4H3,(H3,8,10,16). The summed E-state index contributed by atoms with van der Waals surface area (Å²) in [6, 6.07) is -1.39. The highest BCUT2D eigenvalue weighted by atomic mass is 32.2. The fourth-order valence-corrected chi connectivity index (χ4v) is 3.11. The smallest absolute Gasteiger partial charge is 0.315 e. The van der Waals surface area contributed by atoms with Gasteiger partial charge in [0.25, 0.3) is 10.2 Å². The zero-order valence-electron chi connectivity index (χ0n) is 13.8. The largest absolute Gasteiger partial charge is 0.352 e. The van der Waals surface area contributed by atoms with Gasteiger partial charge in [-0.05, 0) is 6.92 Å². The van der Waals surface area contributed by atoms with Gasteiger partial charge in [-0.3, -0.25) is 11.1 Å². The van der Waals surface area contributed by atoms with Crippen LogP contribution in [0.15, 0.2) is 0 Å². The van der Waals surface area contributed by atoms with Gasteiger partial charge in [0.2, 0.25) is 26.0 Å². The Labute approximate surface area is 146 Å². The van der Waals surface area contributed by atoms with E-state index >= 15 is 0 Å². The van der Waals surface area contributed by atoms with E-state index < -0.39 is 48.0 Å². The summed E-state index contributed by atoms with van der Waals surface area (Å²) in [7, 11) is -10.5. The Morgan fingerprint density at radius 1 is 1.08 bits per heavy atom. The predicted octanol–water partition coefficient (Wildman–Crippen LogP) is -4.76. The van der Waals surface area contributed by atoms with Gasteiger partial charge in [0, 0.05) is 14.1 Å². The van der Waals surface area contributed by atoms with Gasteiger partial charge in [0.05, 0.1) is 12.0 Å². The molecule has 0 spiro atoms. The summed E-state index contributed by atoms with van der Waals surface area (Å²) in [5, 5.41) is 1.74. The van der Waals surface area contributed by atoms with Crippen LogP contribution in [0.25, 0.3) is 0 Å². The van der Waals surface area contributed by atoms with Gasteiger partial charge in [-0.1, -0.05) is 5.12 Å². The summed E-state index contributed by atoms with van der Waals surface area (Å²) < 4.78 is 72.8. The van der Waals surface area contributed by atoms with Crippen molar-refractivity contribution in [3.63, 3.8) is 0 Å². The number of hydrazine groups is 2. The Bertz CT molecular complexity index is 792. The molecular formula is C7H22N8O7S3. The van der Waals surface area contributed by atoms with Crippen LogP contribution in [0.2, 0.25) is 0 Å². The fraction of sp³-hybridized carbons (Fsp3) is 0.857. The Hall–Kier alpha value is -1.12. The number of rotatable bonds is 10. The third kappa shape index (κ3) is 8.20. The maximum atomic E-state index is 12.0. The monoisotopic (exact) mass is 426 g/mol. The minimum absolute atomic E-state index is 0.0347. The number of nitrogens with two attached hydrogens (primary N) is 2. The molecule has 1 atom stereocenters. The highest BCUT2D eigenvalue weighted by Gasteiger charge is 2.42. The molecule has 0 rings (SSSR count). The number of hydrogen-bond donors (Lipinski definition) is 6. The number of nitrogens with zero attached hydrogens (tertiary/aromatic N) is 2. The molecule has 0 heterocycles. The number of amides is 2. The maximum absolute atomic E-state index is 12.0. The lowest BCUT2D eigenvalue weighted by Crippen LogP contribution is -2.82. The van der Waals surface area contributed by atoms with Crippen LogP contribution < -0.4 is 31.2 Å². The number of sulfonamides is 2. The minimum atomic E-state index is -4.38. The van der Waals surface area contributed by atoms with Crippen LogP contribution >= 0.6 is 0 Å². The second-order valence-corrected chi connectivity index (χ2v) is 10.4. The van der Waals surface area contributed by atoms with E-state index in [1.807, 2.05) is 0 Å². The van der Waals surface area contributed by atoms with Crippen LogP contribution in [0.4, 0.5) is 4.79 Å². The molecule has 0 aromatic rings. The molecule has 0 aliphatic carbocycles. The molecule has 0 aliphatic heterocycles. The van der Waals surface area contributed by atoms with Crippen LogP contribution in [0.5, 0.6) is 0 Å². The highest BCUT2D eigenvalue weighted by molar-refractivity contribution is 7.89. The average molecular weight is 427 g/mol. The van der Waals surface area contributed by atoms with E-state index in [2.05, 4.69) is 0 Å². The van der Waals surface area contributed by atoms with Crippen LogP contribution in [0.3, 0.4) is 0 Å². The number of carbonyl (C=O) groups excluding carboxylic acids is 1. The minimum Gasteiger partial charge on any atom is -0.352 e. The molecule has 1 unspecified atom stereocenters. The summed E-state index contributed by atoms with van der Waals surface area (Å²) in [5.41, 5.74) is 10.5. The fourth-order valence-electron chi connectivity index (χ4n) is 1.16. The SMILES string of the molecule is CCS(=O)(=O)NN(NS(=O)(=O)N(C)C)C(N)(NC(N)=O)NS(C)(=O)=O. The Morgan fingerprint density at radius 3 is 1.88 bits per heavy atom. The highest BCUT2D eigenvalue weighted by Crippen LogP contribution is 2.03. The summed E-state index contributed by atoms with van der Waals surface area (Å²) in [6.07, 6.45) is 0.629. The van der Waals surface area contributed by atoms with Crippen LogP contribution in [0.1, 0.15) is 6.92 Å².